The Bertz CT molecular complexity index is 296. The van der Waals surface area contributed by atoms with Crippen LogP contribution >= 0.6 is 23.2 Å². The molecule has 0 spiro atoms. The fourth-order valence-electron chi connectivity index (χ4n) is 0.781. The number of alkyl halides is 2. The second kappa shape index (κ2) is 3.98. The van der Waals surface area contributed by atoms with Crippen LogP contribution in [0.4, 0.5) is 14.5 Å². The monoisotopic (exact) mass is 227 g/mol. The third-order valence-electron chi connectivity index (χ3n) is 1.23. The van der Waals surface area contributed by atoms with Crippen molar-refractivity contribution in [2.75, 3.05) is 5.73 Å². The van der Waals surface area contributed by atoms with E-state index in [0.29, 0.717) is 0 Å². The van der Waals surface area contributed by atoms with Gasteiger partial charge in [-0.25, -0.2) is 0 Å². The molecule has 0 heterocycles. The zero-order chi connectivity index (χ0) is 10.0. The van der Waals surface area contributed by atoms with Crippen LogP contribution in [-0.2, 0) is 0 Å². The van der Waals surface area contributed by atoms with E-state index in [4.69, 9.17) is 28.9 Å². The van der Waals surface area contributed by atoms with E-state index >= 15 is 0 Å². The number of ether oxygens (including phenoxy) is 1. The lowest BCUT2D eigenvalue weighted by molar-refractivity contribution is -0.0497. The minimum atomic E-state index is -2.96. The Labute approximate surface area is 83.2 Å². The van der Waals surface area contributed by atoms with E-state index in [1.165, 1.54) is 12.1 Å². The molecule has 13 heavy (non-hydrogen) atoms. The van der Waals surface area contributed by atoms with Gasteiger partial charge in [-0.2, -0.15) is 8.78 Å². The zero-order valence-electron chi connectivity index (χ0n) is 6.23. The molecule has 0 aromatic heterocycles. The molecular formula is C7H5Cl2F2NO. The van der Waals surface area contributed by atoms with Gasteiger partial charge in [0.25, 0.3) is 0 Å². The van der Waals surface area contributed by atoms with Crippen molar-refractivity contribution in [2.24, 2.45) is 0 Å². The van der Waals surface area contributed by atoms with E-state index < -0.39 is 6.61 Å². The van der Waals surface area contributed by atoms with Gasteiger partial charge in [-0.3, -0.25) is 0 Å². The van der Waals surface area contributed by atoms with Crippen LogP contribution in [0.15, 0.2) is 12.1 Å². The molecule has 0 fully saturated rings. The van der Waals surface area contributed by atoms with Crippen LogP contribution in [0, 0.1) is 0 Å². The van der Waals surface area contributed by atoms with Crippen LogP contribution < -0.4 is 10.5 Å². The van der Waals surface area contributed by atoms with E-state index in [9.17, 15) is 8.78 Å². The lowest BCUT2D eigenvalue weighted by atomic mass is 10.3. The van der Waals surface area contributed by atoms with Gasteiger partial charge in [-0.1, -0.05) is 23.2 Å². The van der Waals surface area contributed by atoms with Crippen molar-refractivity contribution >= 4 is 28.9 Å². The SMILES string of the molecule is Nc1cc(Cl)c(OC(F)F)c(Cl)c1. The summed E-state index contributed by atoms with van der Waals surface area (Å²) in [6.07, 6.45) is 0. The maximum Gasteiger partial charge on any atom is 0.387 e. The lowest BCUT2D eigenvalue weighted by Crippen LogP contribution is -2.03. The predicted molar refractivity (Wildman–Crippen MR) is 47.5 cm³/mol. The third-order valence-corrected chi connectivity index (χ3v) is 1.79. The van der Waals surface area contributed by atoms with Gasteiger partial charge in [0.2, 0.25) is 0 Å². The molecule has 1 rings (SSSR count). The lowest BCUT2D eigenvalue weighted by Gasteiger charge is -2.08. The molecule has 0 saturated heterocycles. The maximum atomic E-state index is 11.8. The Balaban J connectivity index is 3.06. The molecule has 0 aliphatic rings. The minimum Gasteiger partial charge on any atom is -0.432 e. The van der Waals surface area contributed by atoms with Gasteiger partial charge in [0.05, 0.1) is 10.0 Å². The summed E-state index contributed by atoms with van der Waals surface area (Å²) in [4.78, 5) is 0. The van der Waals surface area contributed by atoms with Gasteiger partial charge < -0.3 is 10.5 Å². The van der Waals surface area contributed by atoms with Crippen LogP contribution in [0.3, 0.4) is 0 Å². The highest BCUT2D eigenvalue weighted by Crippen LogP contribution is 2.35. The van der Waals surface area contributed by atoms with Crippen molar-refractivity contribution < 1.29 is 13.5 Å². The molecule has 0 atom stereocenters. The van der Waals surface area contributed by atoms with Crippen LogP contribution in [0.1, 0.15) is 0 Å². The van der Waals surface area contributed by atoms with Crippen molar-refractivity contribution in [1.29, 1.82) is 0 Å². The molecule has 6 heteroatoms. The molecule has 0 aliphatic carbocycles. The minimum absolute atomic E-state index is 0.0368. The second-order valence-corrected chi connectivity index (χ2v) is 3.01. The normalized spacial score (nSPS) is 10.5. The molecule has 0 aliphatic heterocycles. The summed E-state index contributed by atoms with van der Waals surface area (Å²) >= 11 is 11.1. The van der Waals surface area contributed by atoms with Gasteiger partial charge >= 0.3 is 6.61 Å². The average Bonchev–Trinajstić information content (AvgIpc) is 1.96. The molecule has 1 aromatic carbocycles. The largest absolute Gasteiger partial charge is 0.432 e. The summed E-state index contributed by atoms with van der Waals surface area (Å²) in [5.41, 5.74) is 5.64. The Morgan fingerprint density at radius 3 is 2.08 bits per heavy atom. The van der Waals surface area contributed by atoms with E-state index in [2.05, 4.69) is 4.74 Å². The van der Waals surface area contributed by atoms with E-state index in [1.807, 2.05) is 0 Å². The number of rotatable bonds is 2. The fraction of sp³-hybridized carbons (Fsp3) is 0.143. The Morgan fingerprint density at radius 2 is 1.69 bits per heavy atom. The molecule has 72 valence electrons. The molecule has 0 radical (unpaired) electrons. The van der Waals surface area contributed by atoms with Crippen molar-refractivity contribution in [2.45, 2.75) is 6.61 Å². The standard InChI is InChI=1S/C7H5Cl2F2NO/c8-4-1-3(12)2-5(9)6(4)13-7(10)11/h1-2,7H,12H2. The van der Waals surface area contributed by atoms with Gasteiger partial charge in [-0.05, 0) is 12.1 Å². The zero-order valence-corrected chi connectivity index (χ0v) is 7.74. The van der Waals surface area contributed by atoms with E-state index in [0.717, 1.165) is 0 Å². The highest BCUT2D eigenvalue weighted by Gasteiger charge is 2.13. The van der Waals surface area contributed by atoms with Gasteiger partial charge in [0.1, 0.15) is 0 Å². The van der Waals surface area contributed by atoms with Crippen LogP contribution in [0.5, 0.6) is 5.75 Å². The number of nitrogens with two attached hydrogens (primary N) is 1. The summed E-state index contributed by atoms with van der Waals surface area (Å²) in [5.74, 6) is -0.257. The van der Waals surface area contributed by atoms with Crippen molar-refractivity contribution in [3.8, 4) is 5.75 Å². The topological polar surface area (TPSA) is 35.2 Å². The molecule has 0 amide bonds. The fourth-order valence-corrected chi connectivity index (χ4v) is 1.37. The van der Waals surface area contributed by atoms with Crippen LogP contribution in [0.2, 0.25) is 10.0 Å². The molecule has 1 aromatic rings. The quantitative estimate of drug-likeness (QED) is 0.789. The molecule has 2 nitrogen and oxygen atoms in total. The highest BCUT2D eigenvalue weighted by atomic mass is 35.5. The smallest absolute Gasteiger partial charge is 0.387 e. The van der Waals surface area contributed by atoms with Gasteiger partial charge in [0, 0.05) is 5.69 Å². The molecule has 0 unspecified atom stereocenters. The molecule has 2 N–H and O–H groups in total. The summed E-state index contributed by atoms with van der Waals surface area (Å²) in [6.45, 7) is -2.96. The number of anilines is 1. The number of nitrogen functional groups attached to an aromatic ring is 1. The molecule has 0 saturated carbocycles. The van der Waals surface area contributed by atoms with Crippen LogP contribution in [-0.4, -0.2) is 6.61 Å². The van der Waals surface area contributed by atoms with Crippen molar-refractivity contribution in [1.82, 2.24) is 0 Å². The number of halogens is 4. The second-order valence-electron chi connectivity index (χ2n) is 2.19. The maximum absolute atomic E-state index is 11.8. The summed E-state index contributed by atoms with van der Waals surface area (Å²) in [7, 11) is 0. The highest BCUT2D eigenvalue weighted by molar-refractivity contribution is 6.37. The van der Waals surface area contributed by atoms with Crippen molar-refractivity contribution in [3.63, 3.8) is 0 Å². The first-order valence-corrected chi connectivity index (χ1v) is 3.95. The van der Waals surface area contributed by atoms with Gasteiger partial charge in [-0.15, -0.1) is 0 Å². The molecular weight excluding hydrogens is 223 g/mol. The number of hydrogen-bond donors (Lipinski definition) is 1. The third kappa shape index (κ3) is 2.60. The average molecular weight is 228 g/mol. The Kier molecular flexibility index (Phi) is 3.17. The van der Waals surface area contributed by atoms with Crippen LogP contribution in [0.25, 0.3) is 0 Å². The summed E-state index contributed by atoms with van der Waals surface area (Å²) < 4.78 is 27.7. The Morgan fingerprint density at radius 1 is 1.23 bits per heavy atom. The van der Waals surface area contributed by atoms with Gasteiger partial charge in [0.15, 0.2) is 5.75 Å². The molecule has 0 bridgehead atoms. The first-order valence-electron chi connectivity index (χ1n) is 3.20. The number of hydrogen-bond acceptors (Lipinski definition) is 2. The summed E-state index contributed by atoms with van der Waals surface area (Å²) in [6, 6.07) is 2.57. The number of benzene rings is 1. The first kappa shape index (κ1) is 10.3. The summed E-state index contributed by atoms with van der Waals surface area (Å²) in [5, 5.41) is -0.0735. The van der Waals surface area contributed by atoms with E-state index in [-0.39, 0.29) is 21.5 Å². The van der Waals surface area contributed by atoms with Crippen molar-refractivity contribution in [3.05, 3.63) is 22.2 Å². The first-order chi connectivity index (χ1) is 6.00. The Hall–Kier alpha value is -0.740. The van der Waals surface area contributed by atoms with E-state index in [1.54, 1.807) is 0 Å². The predicted octanol–water partition coefficient (Wildman–Crippen LogP) is 3.18.